The number of hydrogen-bond acceptors (Lipinski definition) is 5. The van der Waals surface area contributed by atoms with Crippen LogP contribution in [0.25, 0.3) is 0 Å². The maximum Gasteiger partial charge on any atom is 0.306 e. The van der Waals surface area contributed by atoms with Gasteiger partial charge in [-0.3, -0.25) is 10.2 Å². The molecule has 2 aromatic carbocycles. The number of benzene rings is 2. The first-order chi connectivity index (χ1) is 13.8. The molecule has 0 saturated heterocycles. The van der Waals surface area contributed by atoms with Crippen molar-refractivity contribution in [3.63, 3.8) is 0 Å². The van der Waals surface area contributed by atoms with Crippen molar-refractivity contribution in [3.05, 3.63) is 53.1 Å². The number of aliphatic carboxylic acids is 1. The lowest BCUT2D eigenvalue weighted by molar-refractivity contribution is -0.141. The van der Waals surface area contributed by atoms with E-state index in [1.54, 1.807) is 14.0 Å². The van der Waals surface area contributed by atoms with Crippen molar-refractivity contribution in [2.75, 3.05) is 12.5 Å². The van der Waals surface area contributed by atoms with Crippen molar-refractivity contribution in [2.45, 2.75) is 45.8 Å². The average Bonchev–Trinajstić information content (AvgIpc) is 2.99. The molecular weight excluding hydrogens is 370 g/mol. The normalized spacial score (nSPS) is 15.6. The highest BCUT2D eigenvalue weighted by Gasteiger charge is 2.32. The first-order valence-electron chi connectivity index (χ1n) is 9.61. The summed E-state index contributed by atoms with van der Waals surface area (Å²) in [5.74, 6) is 0.369. The van der Waals surface area contributed by atoms with Gasteiger partial charge in [0, 0.05) is 17.5 Å². The minimum absolute atomic E-state index is 0.259. The molecule has 0 radical (unpaired) electrons. The quantitative estimate of drug-likeness (QED) is 0.500. The third kappa shape index (κ3) is 5.25. The Balaban J connectivity index is 1.73. The molecule has 0 aromatic heterocycles. The molecule has 1 atom stereocenters. The monoisotopic (exact) mass is 397 g/mol. The minimum atomic E-state index is -0.793. The molecule has 0 fully saturated rings. The average molecular weight is 397 g/mol. The molecular formula is C22H27N3O4. The summed E-state index contributed by atoms with van der Waals surface area (Å²) < 4.78 is 12.1. The van der Waals surface area contributed by atoms with Crippen molar-refractivity contribution in [1.82, 2.24) is 0 Å². The van der Waals surface area contributed by atoms with Gasteiger partial charge < -0.3 is 14.6 Å². The molecule has 154 valence electrons. The Hall–Kier alpha value is -3.09. The van der Waals surface area contributed by atoms with E-state index < -0.39 is 11.9 Å². The number of carbonyl (C=O) groups is 1. The molecule has 0 aliphatic carbocycles. The second-order valence-electron chi connectivity index (χ2n) is 7.95. The Kier molecular flexibility index (Phi) is 6.06. The molecule has 1 aliphatic heterocycles. The van der Waals surface area contributed by atoms with Crippen LogP contribution >= 0.6 is 0 Å². The molecule has 0 spiro atoms. The summed E-state index contributed by atoms with van der Waals surface area (Å²) in [6.07, 6.45) is 1.30. The van der Waals surface area contributed by atoms with Crippen LogP contribution in [0.1, 0.15) is 37.5 Å². The summed E-state index contributed by atoms with van der Waals surface area (Å²) >= 11 is 0. The largest absolute Gasteiger partial charge is 0.489 e. The molecule has 1 aliphatic rings. The molecule has 29 heavy (non-hydrogen) atoms. The zero-order valence-corrected chi connectivity index (χ0v) is 17.2. The third-order valence-electron chi connectivity index (χ3n) is 4.80. The van der Waals surface area contributed by atoms with Gasteiger partial charge in [0.25, 0.3) is 0 Å². The smallest absolute Gasteiger partial charge is 0.306 e. The number of carboxylic acids is 1. The maximum atomic E-state index is 11.0. The van der Waals surface area contributed by atoms with Crippen LogP contribution in [0.4, 0.5) is 5.69 Å². The van der Waals surface area contributed by atoms with Gasteiger partial charge in [0.05, 0.1) is 18.7 Å². The van der Waals surface area contributed by atoms with Gasteiger partial charge in [-0.05, 0) is 50.1 Å². The van der Waals surface area contributed by atoms with E-state index in [1.165, 1.54) is 0 Å². The Morgan fingerprint density at radius 1 is 1.31 bits per heavy atom. The summed E-state index contributed by atoms with van der Waals surface area (Å²) in [6, 6.07) is 11.5. The predicted molar refractivity (Wildman–Crippen MR) is 111 cm³/mol. The van der Waals surface area contributed by atoms with E-state index in [4.69, 9.17) is 14.6 Å². The first-order valence-corrected chi connectivity index (χ1v) is 9.61. The van der Waals surface area contributed by atoms with Gasteiger partial charge in [-0.25, -0.2) is 0 Å². The fourth-order valence-electron chi connectivity index (χ4n) is 3.39. The van der Waals surface area contributed by atoms with Crippen molar-refractivity contribution >= 4 is 11.7 Å². The molecule has 2 aromatic rings. The molecule has 0 amide bonds. The number of nitrogens with zero attached hydrogens (tertiary/aromatic N) is 2. The Morgan fingerprint density at radius 3 is 2.69 bits per heavy atom. The molecule has 0 saturated carbocycles. The Morgan fingerprint density at radius 2 is 2.03 bits per heavy atom. The van der Waals surface area contributed by atoms with Crippen molar-refractivity contribution in [1.29, 1.82) is 0 Å². The summed E-state index contributed by atoms with van der Waals surface area (Å²) in [7, 11) is 1.61. The van der Waals surface area contributed by atoms with Crippen molar-refractivity contribution in [2.24, 2.45) is 16.3 Å². The van der Waals surface area contributed by atoms with Gasteiger partial charge in [0.2, 0.25) is 0 Å². The van der Waals surface area contributed by atoms with Crippen LogP contribution < -0.4 is 14.9 Å². The van der Waals surface area contributed by atoms with Crippen LogP contribution in [-0.4, -0.2) is 23.7 Å². The summed E-state index contributed by atoms with van der Waals surface area (Å²) in [4.78, 5) is 11.0. The van der Waals surface area contributed by atoms with Gasteiger partial charge in [-0.15, -0.1) is 0 Å². The number of nitrogens with one attached hydrogen (secondary N) is 1. The summed E-state index contributed by atoms with van der Waals surface area (Å²) in [5, 5.41) is 16.6. The fraction of sp³-hybridized carbons (Fsp3) is 0.409. The summed E-state index contributed by atoms with van der Waals surface area (Å²) in [6.45, 7) is 6.18. The number of rotatable bonds is 8. The van der Waals surface area contributed by atoms with Crippen LogP contribution in [0.15, 0.2) is 46.7 Å². The fourth-order valence-corrected chi connectivity index (χ4v) is 3.39. The predicted octanol–water partition coefficient (Wildman–Crippen LogP) is 4.65. The third-order valence-corrected chi connectivity index (χ3v) is 4.80. The van der Waals surface area contributed by atoms with E-state index in [0.717, 1.165) is 34.5 Å². The van der Waals surface area contributed by atoms with Crippen LogP contribution in [0.2, 0.25) is 0 Å². The molecule has 1 heterocycles. The lowest BCUT2D eigenvalue weighted by Crippen LogP contribution is -2.25. The maximum absolute atomic E-state index is 11.0. The van der Waals surface area contributed by atoms with Crippen LogP contribution in [0, 0.1) is 5.92 Å². The van der Waals surface area contributed by atoms with E-state index in [2.05, 4.69) is 29.6 Å². The molecule has 0 bridgehead atoms. The first kappa shape index (κ1) is 20.6. The number of hydrogen-bond donors (Lipinski definition) is 2. The number of carboxylic acid groups (broad SMARTS) is 1. The Bertz CT molecular complexity index is 907. The second kappa shape index (κ2) is 8.51. The topological polar surface area (TPSA) is 92.5 Å². The standard InChI is InChI=1S/C22H27N3O4/c1-14(21(26)27)9-15-5-7-19(8-6-15)28-13-17-11-18(24-25-23-4)10-16-12-22(2,3)29-20(16)17/h5-8,10-11,14H,9,12-13H2,1-4H3,(H,23,24)(H,26,27). The van der Waals surface area contributed by atoms with Gasteiger partial charge in [-0.1, -0.05) is 24.3 Å². The van der Waals surface area contributed by atoms with Gasteiger partial charge in [-0.2, -0.15) is 5.11 Å². The zero-order chi connectivity index (χ0) is 21.0. The van der Waals surface area contributed by atoms with E-state index in [-0.39, 0.29) is 5.60 Å². The molecule has 1 unspecified atom stereocenters. The summed E-state index contributed by atoms with van der Waals surface area (Å²) in [5.41, 5.74) is 6.52. The van der Waals surface area contributed by atoms with Crippen LogP contribution in [-0.2, 0) is 24.2 Å². The van der Waals surface area contributed by atoms with E-state index in [0.29, 0.717) is 18.8 Å². The second-order valence-corrected chi connectivity index (χ2v) is 7.95. The highest BCUT2D eigenvalue weighted by molar-refractivity contribution is 5.69. The Labute approximate surface area is 170 Å². The number of anilines is 1. The lowest BCUT2D eigenvalue weighted by Gasteiger charge is -2.18. The highest BCUT2D eigenvalue weighted by Crippen LogP contribution is 2.40. The highest BCUT2D eigenvalue weighted by atomic mass is 16.5. The zero-order valence-electron chi connectivity index (χ0n) is 17.2. The van der Waals surface area contributed by atoms with Crippen molar-refractivity contribution in [3.8, 4) is 11.5 Å². The van der Waals surface area contributed by atoms with E-state index >= 15 is 0 Å². The van der Waals surface area contributed by atoms with Crippen LogP contribution in [0.5, 0.6) is 11.5 Å². The SMILES string of the molecule is CN=NNc1cc(COc2ccc(CC(C)C(=O)O)cc2)c2c(c1)CC(C)(C)O2. The van der Waals surface area contributed by atoms with Gasteiger partial charge >= 0.3 is 5.97 Å². The van der Waals surface area contributed by atoms with E-state index in [9.17, 15) is 4.79 Å². The van der Waals surface area contributed by atoms with Crippen LogP contribution in [0.3, 0.4) is 0 Å². The molecule has 7 nitrogen and oxygen atoms in total. The molecule has 2 N–H and O–H groups in total. The minimum Gasteiger partial charge on any atom is -0.489 e. The lowest BCUT2D eigenvalue weighted by atomic mass is 10.00. The van der Waals surface area contributed by atoms with Gasteiger partial charge in [0.1, 0.15) is 23.7 Å². The van der Waals surface area contributed by atoms with Gasteiger partial charge in [0.15, 0.2) is 0 Å². The molecule has 7 heteroatoms. The number of ether oxygens (including phenoxy) is 2. The van der Waals surface area contributed by atoms with Crippen molar-refractivity contribution < 1.29 is 19.4 Å². The van der Waals surface area contributed by atoms with E-state index in [1.807, 2.05) is 36.4 Å². The number of fused-ring (bicyclic) bond motifs is 1. The molecule has 3 rings (SSSR count).